The summed E-state index contributed by atoms with van der Waals surface area (Å²) in [6, 6.07) is 0. The van der Waals surface area contributed by atoms with Gasteiger partial charge in [-0.2, -0.15) is 0 Å². The third-order valence-corrected chi connectivity index (χ3v) is 17.8. The van der Waals surface area contributed by atoms with E-state index in [0.29, 0.717) is 19.6 Å². The summed E-state index contributed by atoms with van der Waals surface area (Å²) in [6.07, 6.45) is 52.7. The van der Waals surface area contributed by atoms with Crippen LogP contribution in [0.3, 0.4) is 0 Å². The Labute approximate surface area is 493 Å². The zero-order chi connectivity index (χ0) is 57.5. The van der Waals surface area contributed by atoms with E-state index in [0.717, 1.165) is 136 Å². The fraction of sp³-hybridized carbons (Fsp3) is 1.00. The number of aliphatic hydroxyl groups excluding tert-OH is 5. The first-order valence-corrected chi connectivity index (χ1v) is 35.7. The molecule has 0 aromatic heterocycles. The first-order valence-electron chi connectivity index (χ1n) is 35.7. The predicted octanol–water partition coefficient (Wildman–Crippen LogP) is 15.9. The molecule has 0 amide bonds. The Morgan fingerprint density at radius 2 is 0.544 bits per heavy atom. The zero-order valence-corrected chi connectivity index (χ0v) is 54.1. The van der Waals surface area contributed by atoms with Crippen LogP contribution in [0.4, 0.5) is 0 Å². The number of nitrogens with zero attached hydrogens (tertiary/aromatic N) is 5. The second-order valence-electron chi connectivity index (χ2n) is 25.7. The van der Waals surface area contributed by atoms with E-state index in [1.54, 1.807) is 0 Å². The highest BCUT2D eigenvalue weighted by atomic mass is 16.3. The number of piperazine rings is 1. The van der Waals surface area contributed by atoms with Crippen molar-refractivity contribution in [2.75, 3.05) is 91.6 Å². The van der Waals surface area contributed by atoms with Crippen LogP contribution < -0.4 is 0 Å². The van der Waals surface area contributed by atoms with Gasteiger partial charge in [0, 0.05) is 91.6 Å². The van der Waals surface area contributed by atoms with Gasteiger partial charge in [0.1, 0.15) is 6.23 Å². The third kappa shape index (κ3) is 49.6. The van der Waals surface area contributed by atoms with Crippen LogP contribution in [0.1, 0.15) is 324 Å². The molecule has 0 aliphatic carbocycles. The Hall–Kier alpha value is -0.400. The van der Waals surface area contributed by atoms with Crippen molar-refractivity contribution in [1.29, 1.82) is 0 Å². The zero-order valence-electron chi connectivity index (χ0n) is 54.1. The molecule has 474 valence electrons. The van der Waals surface area contributed by atoms with Crippen LogP contribution in [0.2, 0.25) is 0 Å². The monoisotopic (exact) mass is 1120 g/mol. The second-order valence-corrected chi connectivity index (χ2v) is 25.7. The summed E-state index contributed by atoms with van der Waals surface area (Å²) < 4.78 is 0. The minimum absolute atomic E-state index is 0.239. The number of unbranched alkanes of at least 4 members (excludes halogenated alkanes) is 35. The standard InChI is InChI=1S/C69H143N5O5/c1-6-11-16-21-26-31-36-41-46-65(75)61-71-53-51-70(52-54-71)57-59-74(69(79)50-45-40-35-30-25-20-15-10-5)60-58-72(62-66(76)47-42-37-32-27-22-17-12-7-2)55-56-73(63-67(77)48-43-38-33-28-23-18-13-8-3)64-68(78)49-44-39-34-29-24-19-14-9-4/h65-69,75-79H,6-64H2,1-5H3. The minimum Gasteiger partial charge on any atom is -0.392 e. The van der Waals surface area contributed by atoms with Gasteiger partial charge >= 0.3 is 0 Å². The van der Waals surface area contributed by atoms with Crippen molar-refractivity contribution < 1.29 is 25.5 Å². The van der Waals surface area contributed by atoms with E-state index in [2.05, 4.69) is 59.1 Å². The van der Waals surface area contributed by atoms with Gasteiger partial charge in [-0.3, -0.25) is 24.5 Å². The molecular formula is C69H143N5O5. The fourth-order valence-corrected chi connectivity index (χ4v) is 12.2. The van der Waals surface area contributed by atoms with Crippen LogP contribution >= 0.6 is 0 Å². The SMILES string of the molecule is CCCCCCCCCCC(O)CN1CCN(CCN(CCN(CCN(CC(O)CCCCCCCCCC)CC(O)CCCCCCCCCC)CC(O)CCCCCCCCCC)C(O)CCCCCCCCCC)CC1. The Balaban J connectivity index is 3.11. The van der Waals surface area contributed by atoms with Gasteiger partial charge in [0.15, 0.2) is 0 Å². The molecule has 5 atom stereocenters. The summed E-state index contributed by atoms with van der Waals surface area (Å²) in [4.78, 5) is 12.2. The Morgan fingerprint density at radius 1 is 0.278 bits per heavy atom. The van der Waals surface area contributed by atoms with Crippen LogP contribution in [-0.4, -0.2) is 172 Å². The molecule has 0 aromatic rings. The first kappa shape index (κ1) is 76.6. The molecule has 0 radical (unpaired) electrons. The number of hydrogen-bond donors (Lipinski definition) is 5. The normalized spacial score (nSPS) is 15.8. The smallest absolute Gasteiger partial charge is 0.107 e. The van der Waals surface area contributed by atoms with Crippen LogP contribution in [0.5, 0.6) is 0 Å². The molecule has 0 bridgehead atoms. The molecule has 1 saturated heterocycles. The lowest BCUT2D eigenvalue weighted by molar-refractivity contribution is -0.0202. The van der Waals surface area contributed by atoms with E-state index in [1.165, 1.54) is 225 Å². The molecule has 1 aliphatic heterocycles. The Kier molecular flexibility index (Phi) is 56.3. The van der Waals surface area contributed by atoms with Crippen LogP contribution in [0.15, 0.2) is 0 Å². The molecule has 1 fully saturated rings. The van der Waals surface area contributed by atoms with Gasteiger partial charge in [-0.25, -0.2) is 0 Å². The lowest BCUT2D eigenvalue weighted by Crippen LogP contribution is -2.51. The predicted molar refractivity (Wildman–Crippen MR) is 344 cm³/mol. The van der Waals surface area contributed by atoms with Gasteiger partial charge < -0.3 is 25.5 Å². The molecule has 5 unspecified atom stereocenters. The highest BCUT2D eigenvalue weighted by molar-refractivity contribution is 4.79. The minimum atomic E-state index is -0.494. The lowest BCUT2D eigenvalue weighted by atomic mass is 10.0. The summed E-state index contributed by atoms with van der Waals surface area (Å²) >= 11 is 0. The molecule has 0 saturated carbocycles. The maximum absolute atomic E-state index is 12.0. The van der Waals surface area contributed by atoms with Gasteiger partial charge in [0.25, 0.3) is 0 Å². The van der Waals surface area contributed by atoms with Gasteiger partial charge in [0.05, 0.1) is 24.4 Å². The Morgan fingerprint density at radius 3 is 0.899 bits per heavy atom. The van der Waals surface area contributed by atoms with Crippen LogP contribution in [-0.2, 0) is 0 Å². The van der Waals surface area contributed by atoms with Crippen molar-refractivity contribution in [2.24, 2.45) is 0 Å². The molecule has 1 aliphatic rings. The highest BCUT2D eigenvalue weighted by Crippen LogP contribution is 2.19. The number of β-amino-alcohol motifs (C(OH)–C–C–N with tert-alkyl or cyclic N) is 1. The van der Waals surface area contributed by atoms with E-state index in [4.69, 9.17) is 0 Å². The van der Waals surface area contributed by atoms with E-state index in [1.807, 2.05) is 0 Å². The van der Waals surface area contributed by atoms with Crippen molar-refractivity contribution in [3.8, 4) is 0 Å². The molecule has 79 heavy (non-hydrogen) atoms. The largest absolute Gasteiger partial charge is 0.392 e. The van der Waals surface area contributed by atoms with E-state index in [-0.39, 0.29) is 6.10 Å². The number of rotatable bonds is 63. The van der Waals surface area contributed by atoms with Crippen molar-refractivity contribution >= 4 is 0 Å². The maximum Gasteiger partial charge on any atom is 0.107 e. The summed E-state index contributed by atoms with van der Waals surface area (Å²) in [6.45, 7) is 22.6. The fourth-order valence-electron chi connectivity index (χ4n) is 12.2. The van der Waals surface area contributed by atoms with Gasteiger partial charge in [0.2, 0.25) is 0 Å². The molecule has 1 heterocycles. The quantitative estimate of drug-likeness (QED) is 0.0298. The van der Waals surface area contributed by atoms with Crippen molar-refractivity contribution in [3.63, 3.8) is 0 Å². The van der Waals surface area contributed by atoms with E-state index in [9.17, 15) is 25.5 Å². The average molecular weight is 1120 g/mol. The number of aliphatic hydroxyl groups is 5. The average Bonchev–Trinajstić information content (AvgIpc) is 3.44. The van der Waals surface area contributed by atoms with Crippen molar-refractivity contribution in [3.05, 3.63) is 0 Å². The molecule has 1 rings (SSSR count). The first-order chi connectivity index (χ1) is 38.6. The van der Waals surface area contributed by atoms with Crippen molar-refractivity contribution in [2.45, 2.75) is 354 Å². The van der Waals surface area contributed by atoms with Crippen molar-refractivity contribution in [1.82, 2.24) is 24.5 Å². The van der Waals surface area contributed by atoms with Gasteiger partial charge in [-0.15, -0.1) is 0 Å². The number of hydrogen-bond acceptors (Lipinski definition) is 10. The molecule has 5 N–H and O–H groups in total. The lowest BCUT2D eigenvalue weighted by Gasteiger charge is -2.38. The molecule has 0 spiro atoms. The van der Waals surface area contributed by atoms with Crippen LogP contribution in [0, 0.1) is 0 Å². The van der Waals surface area contributed by atoms with E-state index >= 15 is 0 Å². The summed E-state index contributed by atoms with van der Waals surface area (Å²) in [5.74, 6) is 0. The summed E-state index contributed by atoms with van der Waals surface area (Å²) in [5, 5.41) is 57.6. The third-order valence-electron chi connectivity index (χ3n) is 17.8. The summed E-state index contributed by atoms with van der Waals surface area (Å²) in [7, 11) is 0. The molecule has 0 aromatic carbocycles. The molecular weight excluding hydrogens is 979 g/mol. The van der Waals surface area contributed by atoms with Gasteiger partial charge in [-0.1, -0.05) is 285 Å². The Bertz CT molecular complexity index is 1170. The maximum atomic E-state index is 12.0. The second kappa shape index (κ2) is 58.0. The summed E-state index contributed by atoms with van der Waals surface area (Å²) in [5.41, 5.74) is 0. The molecule has 10 nitrogen and oxygen atoms in total. The van der Waals surface area contributed by atoms with Gasteiger partial charge in [-0.05, 0) is 38.5 Å². The topological polar surface area (TPSA) is 117 Å². The van der Waals surface area contributed by atoms with E-state index < -0.39 is 24.5 Å². The molecule has 10 heteroatoms. The highest BCUT2D eigenvalue weighted by Gasteiger charge is 2.24. The van der Waals surface area contributed by atoms with Crippen LogP contribution in [0.25, 0.3) is 0 Å².